The van der Waals surface area contributed by atoms with Crippen molar-refractivity contribution in [1.29, 1.82) is 0 Å². The van der Waals surface area contributed by atoms with E-state index in [0.717, 1.165) is 55.8 Å². The molecule has 1 saturated carbocycles. The Bertz CT molecular complexity index is 1060. The van der Waals surface area contributed by atoms with Gasteiger partial charge < -0.3 is 15.5 Å². The molecule has 1 saturated heterocycles. The van der Waals surface area contributed by atoms with E-state index in [2.05, 4.69) is 48.9 Å². The lowest BCUT2D eigenvalue weighted by atomic mass is 9.83. The summed E-state index contributed by atoms with van der Waals surface area (Å²) in [7, 11) is 1.77. The molecule has 6 nitrogen and oxygen atoms in total. The third-order valence-electron chi connectivity index (χ3n) is 8.05. The number of hydrogen-bond acceptors (Lipinski definition) is 5. The van der Waals surface area contributed by atoms with Crippen molar-refractivity contribution in [2.24, 2.45) is 5.92 Å². The number of likely N-dealkylation sites (tertiary alicyclic amines) is 1. The first-order valence-electron chi connectivity index (χ1n) is 13.1. The fraction of sp³-hybridized carbons (Fsp3) is 0.607. The lowest BCUT2D eigenvalue weighted by Gasteiger charge is -2.35. The minimum atomic E-state index is -0.458. The second-order valence-electron chi connectivity index (χ2n) is 10.4. The zero-order chi connectivity index (χ0) is 25.1. The Balaban J connectivity index is 1.59. The number of nitrogens with zero attached hydrogens (tertiary/aromatic N) is 2. The van der Waals surface area contributed by atoms with Gasteiger partial charge >= 0.3 is 0 Å². The molecule has 2 fully saturated rings. The minimum Gasteiger partial charge on any atom is -0.343 e. The Labute approximate surface area is 213 Å². The molecule has 2 aromatic rings. The Morgan fingerprint density at radius 2 is 1.77 bits per heavy atom. The zero-order valence-electron chi connectivity index (χ0n) is 21.8. The van der Waals surface area contributed by atoms with E-state index in [9.17, 15) is 9.59 Å². The third kappa shape index (κ3) is 5.46. The molecule has 7 heteroatoms. The molecule has 2 aliphatic rings. The highest BCUT2D eigenvalue weighted by Gasteiger charge is 2.40. The van der Waals surface area contributed by atoms with Gasteiger partial charge in [-0.15, -0.1) is 11.3 Å². The Morgan fingerprint density at radius 3 is 2.49 bits per heavy atom. The number of benzene rings is 1. The maximum atomic E-state index is 14.0. The van der Waals surface area contributed by atoms with Crippen LogP contribution in [-0.2, 0) is 9.59 Å². The van der Waals surface area contributed by atoms with E-state index in [0.29, 0.717) is 0 Å². The Morgan fingerprint density at radius 1 is 1.06 bits per heavy atom. The third-order valence-corrected chi connectivity index (χ3v) is 9.00. The first kappa shape index (κ1) is 25.8. The van der Waals surface area contributed by atoms with Crippen LogP contribution in [0.15, 0.2) is 17.5 Å². The van der Waals surface area contributed by atoms with E-state index in [1.807, 2.05) is 11.8 Å². The van der Waals surface area contributed by atoms with Crippen molar-refractivity contribution in [1.82, 2.24) is 20.5 Å². The smallest absolute Gasteiger partial charge is 0.246 e. The molecule has 2 amide bonds. The van der Waals surface area contributed by atoms with Crippen LogP contribution in [0.4, 0.5) is 0 Å². The van der Waals surface area contributed by atoms with Crippen LogP contribution in [0.1, 0.15) is 79.6 Å². The zero-order valence-corrected chi connectivity index (χ0v) is 22.6. The van der Waals surface area contributed by atoms with E-state index in [4.69, 9.17) is 4.98 Å². The largest absolute Gasteiger partial charge is 0.343 e. The van der Waals surface area contributed by atoms with Crippen LogP contribution in [0, 0.1) is 26.7 Å². The average molecular weight is 497 g/mol. The Kier molecular flexibility index (Phi) is 8.27. The van der Waals surface area contributed by atoms with E-state index < -0.39 is 6.04 Å². The monoisotopic (exact) mass is 496 g/mol. The van der Waals surface area contributed by atoms with Crippen molar-refractivity contribution in [3.8, 4) is 11.3 Å². The van der Waals surface area contributed by atoms with Crippen molar-refractivity contribution in [3.63, 3.8) is 0 Å². The van der Waals surface area contributed by atoms with Gasteiger partial charge in [-0.2, -0.15) is 0 Å². The quantitative estimate of drug-likeness (QED) is 0.561. The number of thiazole rings is 1. The minimum absolute atomic E-state index is 0.0172. The molecule has 1 aromatic heterocycles. The van der Waals surface area contributed by atoms with Crippen LogP contribution in [0.3, 0.4) is 0 Å². The SMILES string of the molecule is CN[C@@H](C)C(=O)N[C@H](C(=O)N1CCC[C@H]1c1nc(-c2c(C)ccc(C)c2C)cs1)C1CCCCC1. The molecule has 4 rings (SSSR count). The standard InChI is InChI=1S/C28H40N4O2S/c1-17-13-14-18(2)24(19(17)3)22-16-35-27(30-22)23-12-9-15-32(23)28(34)25(21-10-7-6-8-11-21)31-26(33)20(4)29-5/h13-14,16,20-21,23,25,29H,6-12,15H2,1-5H3,(H,31,33)/t20-,23-,25-/m0/s1. The summed E-state index contributed by atoms with van der Waals surface area (Å²) < 4.78 is 0. The fourth-order valence-corrected chi connectivity index (χ4v) is 6.58. The molecule has 0 spiro atoms. The van der Waals surface area contributed by atoms with Gasteiger partial charge in [-0.3, -0.25) is 9.59 Å². The van der Waals surface area contributed by atoms with Gasteiger partial charge in [-0.05, 0) is 83.0 Å². The molecule has 0 radical (unpaired) electrons. The maximum Gasteiger partial charge on any atom is 0.246 e. The second-order valence-corrected chi connectivity index (χ2v) is 11.2. The van der Waals surface area contributed by atoms with Gasteiger partial charge in [-0.1, -0.05) is 31.4 Å². The summed E-state index contributed by atoms with van der Waals surface area (Å²) >= 11 is 1.65. The number of rotatable bonds is 7. The molecule has 2 N–H and O–H groups in total. The highest BCUT2D eigenvalue weighted by atomic mass is 32.1. The van der Waals surface area contributed by atoms with E-state index >= 15 is 0 Å². The number of hydrogen-bond donors (Lipinski definition) is 2. The number of aryl methyl sites for hydroxylation is 2. The summed E-state index contributed by atoms with van der Waals surface area (Å²) in [6.07, 6.45) is 7.34. The van der Waals surface area contributed by atoms with Gasteiger partial charge in [0.15, 0.2) is 0 Å². The van der Waals surface area contributed by atoms with Crippen LogP contribution >= 0.6 is 11.3 Å². The van der Waals surface area contributed by atoms with Gasteiger partial charge in [0.25, 0.3) is 0 Å². The van der Waals surface area contributed by atoms with Gasteiger partial charge in [0, 0.05) is 17.5 Å². The van der Waals surface area contributed by atoms with Gasteiger partial charge in [0.2, 0.25) is 11.8 Å². The predicted octanol–water partition coefficient (Wildman–Crippen LogP) is 5.07. The van der Waals surface area contributed by atoms with Crippen LogP contribution in [0.5, 0.6) is 0 Å². The van der Waals surface area contributed by atoms with Crippen molar-refractivity contribution < 1.29 is 9.59 Å². The summed E-state index contributed by atoms with van der Waals surface area (Å²) in [5.41, 5.74) is 5.96. The van der Waals surface area contributed by atoms with Crippen molar-refractivity contribution in [2.45, 2.75) is 90.8 Å². The number of amides is 2. The molecule has 190 valence electrons. The molecule has 0 unspecified atom stereocenters. The van der Waals surface area contributed by atoms with Crippen LogP contribution in [-0.4, -0.2) is 47.4 Å². The Hall–Kier alpha value is -2.25. The molecule has 1 aliphatic heterocycles. The van der Waals surface area contributed by atoms with Crippen molar-refractivity contribution in [2.75, 3.05) is 13.6 Å². The van der Waals surface area contributed by atoms with Crippen LogP contribution < -0.4 is 10.6 Å². The highest BCUT2D eigenvalue weighted by molar-refractivity contribution is 7.10. The number of aromatic nitrogens is 1. The number of likely N-dealkylation sites (N-methyl/N-ethyl adjacent to an activating group) is 1. The molecule has 1 aromatic carbocycles. The lowest BCUT2D eigenvalue weighted by molar-refractivity contribution is -0.139. The van der Waals surface area contributed by atoms with E-state index in [1.54, 1.807) is 18.4 Å². The second kappa shape index (κ2) is 11.2. The summed E-state index contributed by atoms with van der Waals surface area (Å²) in [6.45, 7) is 8.99. The maximum absolute atomic E-state index is 14.0. The number of carbonyl (C=O) groups excluding carboxylic acids is 2. The number of carbonyl (C=O) groups is 2. The number of nitrogens with one attached hydrogen (secondary N) is 2. The van der Waals surface area contributed by atoms with Crippen LogP contribution in [0.25, 0.3) is 11.3 Å². The average Bonchev–Trinajstić information content (AvgIpc) is 3.54. The summed E-state index contributed by atoms with van der Waals surface area (Å²) in [5.74, 6) is 0.166. The topological polar surface area (TPSA) is 74.3 Å². The molecule has 35 heavy (non-hydrogen) atoms. The lowest BCUT2D eigenvalue weighted by Crippen LogP contribution is -2.55. The van der Waals surface area contributed by atoms with Crippen LogP contribution in [0.2, 0.25) is 0 Å². The van der Waals surface area contributed by atoms with Gasteiger partial charge in [0.05, 0.1) is 17.8 Å². The normalized spacial score (nSPS) is 20.6. The summed E-state index contributed by atoms with van der Waals surface area (Å²) in [4.78, 5) is 33.8. The first-order chi connectivity index (χ1) is 16.8. The molecule has 0 bridgehead atoms. The van der Waals surface area contributed by atoms with Crippen molar-refractivity contribution >= 4 is 23.2 Å². The molecular formula is C28H40N4O2S. The molecule has 2 heterocycles. The van der Waals surface area contributed by atoms with Gasteiger partial charge in [0.1, 0.15) is 11.0 Å². The van der Waals surface area contributed by atoms with Crippen molar-refractivity contribution in [3.05, 3.63) is 39.2 Å². The summed E-state index contributed by atoms with van der Waals surface area (Å²) in [5, 5.41) is 9.27. The highest BCUT2D eigenvalue weighted by Crippen LogP contribution is 2.39. The van der Waals surface area contributed by atoms with E-state index in [-0.39, 0.29) is 29.8 Å². The van der Waals surface area contributed by atoms with Gasteiger partial charge in [-0.25, -0.2) is 4.98 Å². The fourth-order valence-electron chi connectivity index (χ4n) is 5.62. The molecule has 3 atom stereocenters. The molecule has 1 aliphatic carbocycles. The predicted molar refractivity (Wildman–Crippen MR) is 142 cm³/mol. The first-order valence-corrected chi connectivity index (χ1v) is 14.0. The van der Waals surface area contributed by atoms with E-state index in [1.165, 1.54) is 28.7 Å². The molecular weight excluding hydrogens is 456 g/mol. The summed E-state index contributed by atoms with van der Waals surface area (Å²) in [6, 6.07) is 3.51.